The summed E-state index contributed by atoms with van der Waals surface area (Å²) in [6.07, 6.45) is 2.87. The van der Waals surface area contributed by atoms with E-state index in [0.29, 0.717) is 6.04 Å². The normalized spacial score (nSPS) is 16.2. The van der Waals surface area contributed by atoms with Crippen molar-refractivity contribution >= 4 is 23.0 Å². The molecule has 0 spiro atoms. The lowest BCUT2D eigenvalue weighted by Crippen LogP contribution is -2.41. The van der Waals surface area contributed by atoms with Crippen LogP contribution in [0, 0.1) is 0 Å². The highest BCUT2D eigenvalue weighted by molar-refractivity contribution is 5.75. The number of carboxylic acids is 2. The Kier molecular flexibility index (Phi) is 11.1. The van der Waals surface area contributed by atoms with E-state index in [1.165, 1.54) is 37.7 Å². The maximum Gasteiger partial charge on any atom is 0.490 e. The Morgan fingerprint density at radius 1 is 0.921 bits per heavy atom. The van der Waals surface area contributed by atoms with E-state index in [1.54, 1.807) is 0 Å². The van der Waals surface area contributed by atoms with Crippen molar-refractivity contribution in [1.82, 2.24) is 24.0 Å². The number of likely N-dealkylation sites (tertiary alicyclic amines) is 1. The highest BCUT2D eigenvalue weighted by Gasteiger charge is 2.38. The number of aryl methyl sites for hydroxylation is 1. The summed E-state index contributed by atoms with van der Waals surface area (Å²) in [5.41, 5.74) is 2.33. The van der Waals surface area contributed by atoms with Gasteiger partial charge in [-0.25, -0.2) is 19.6 Å². The number of nitrogens with zero attached hydrogens (tertiary/aromatic N) is 5. The minimum atomic E-state index is -5.08. The molecule has 1 aromatic carbocycles. The molecular formula is C23H27F6N5O4. The lowest BCUT2D eigenvalue weighted by molar-refractivity contribution is -0.193. The molecule has 3 aromatic rings. The van der Waals surface area contributed by atoms with Crippen LogP contribution in [0.25, 0.3) is 11.0 Å². The fourth-order valence-corrected chi connectivity index (χ4v) is 3.82. The number of para-hydroxylation sites is 2. The lowest BCUT2D eigenvalue weighted by Gasteiger charge is -2.36. The smallest absolute Gasteiger partial charge is 0.475 e. The molecular weight excluding hydrogens is 524 g/mol. The number of carbonyl (C=O) groups is 2. The van der Waals surface area contributed by atoms with Crippen LogP contribution in [0.15, 0.2) is 49.3 Å². The van der Waals surface area contributed by atoms with E-state index in [2.05, 4.69) is 54.5 Å². The maximum absolute atomic E-state index is 10.6. The van der Waals surface area contributed by atoms with E-state index in [1.807, 2.05) is 18.9 Å². The molecule has 1 saturated heterocycles. The number of hydrogen-bond acceptors (Lipinski definition) is 5. The second-order valence-corrected chi connectivity index (χ2v) is 8.31. The van der Waals surface area contributed by atoms with Gasteiger partial charge in [-0.3, -0.25) is 4.90 Å². The van der Waals surface area contributed by atoms with Gasteiger partial charge in [-0.2, -0.15) is 26.3 Å². The van der Waals surface area contributed by atoms with Crippen LogP contribution in [-0.2, 0) is 22.7 Å². The predicted molar refractivity (Wildman–Crippen MR) is 123 cm³/mol. The summed E-state index contributed by atoms with van der Waals surface area (Å²) >= 11 is 0. The Hall–Kier alpha value is -3.62. The zero-order chi connectivity index (χ0) is 28.3. The van der Waals surface area contributed by atoms with Gasteiger partial charge in [-0.1, -0.05) is 18.6 Å². The number of hydrogen-bond donors (Lipinski definition) is 2. The zero-order valence-electron chi connectivity index (χ0n) is 20.1. The lowest BCUT2D eigenvalue weighted by atomic mass is 9.99. The highest BCUT2D eigenvalue weighted by atomic mass is 19.4. The average molecular weight is 551 g/mol. The summed E-state index contributed by atoms with van der Waals surface area (Å²) in [4.78, 5) is 29.1. The Morgan fingerprint density at radius 2 is 1.55 bits per heavy atom. The van der Waals surface area contributed by atoms with Crippen LogP contribution >= 0.6 is 0 Å². The van der Waals surface area contributed by atoms with Gasteiger partial charge in [0.15, 0.2) is 0 Å². The molecule has 1 unspecified atom stereocenters. The molecule has 210 valence electrons. The first-order valence-corrected chi connectivity index (χ1v) is 11.5. The van der Waals surface area contributed by atoms with Crippen molar-refractivity contribution in [3.63, 3.8) is 0 Å². The van der Waals surface area contributed by atoms with Crippen LogP contribution in [-0.4, -0.2) is 77.6 Å². The van der Waals surface area contributed by atoms with Gasteiger partial charge in [0.05, 0.1) is 23.7 Å². The molecule has 2 aromatic heterocycles. The van der Waals surface area contributed by atoms with Crippen LogP contribution in [0.1, 0.15) is 25.7 Å². The predicted octanol–water partition coefficient (Wildman–Crippen LogP) is 4.44. The van der Waals surface area contributed by atoms with Crippen LogP contribution in [0.4, 0.5) is 26.3 Å². The van der Waals surface area contributed by atoms with Gasteiger partial charge in [0, 0.05) is 38.1 Å². The Balaban J connectivity index is 0.000000301. The first kappa shape index (κ1) is 30.6. The molecule has 0 saturated carbocycles. The highest BCUT2D eigenvalue weighted by Crippen LogP contribution is 2.21. The van der Waals surface area contributed by atoms with E-state index < -0.39 is 24.3 Å². The van der Waals surface area contributed by atoms with Crippen LogP contribution in [0.2, 0.25) is 0 Å². The van der Waals surface area contributed by atoms with Crippen molar-refractivity contribution in [2.45, 2.75) is 57.2 Å². The summed E-state index contributed by atoms with van der Waals surface area (Å²) in [7, 11) is 0. The van der Waals surface area contributed by atoms with Crippen molar-refractivity contribution in [3.05, 3.63) is 49.3 Å². The van der Waals surface area contributed by atoms with Crippen LogP contribution in [0.5, 0.6) is 0 Å². The minimum Gasteiger partial charge on any atom is -0.475 e. The number of halogens is 6. The largest absolute Gasteiger partial charge is 0.490 e. The number of benzene rings is 1. The standard InChI is InChI=1S/C19H25N5.2C2HF3O2/c1-2-7-19-18(6-1)21-16-24(19)14-13-23-10-4-3-5-17(23)8-11-22-12-9-20-15-22;2*3-2(4,5)1(6)7/h1-2,6-7,9,12,15-17H,3-5,8,10-11,13-14H2;2*(H,6,7). The first-order valence-electron chi connectivity index (χ1n) is 11.5. The number of aromatic nitrogens is 4. The third-order valence-corrected chi connectivity index (χ3v) is 5.67. The SMILES string of the molecule is O=C(O)C(F)(F)F.O=C(O)C(F)(F)F.c1ccc2c(c1)ncn2CCN1CCCCC1CCn1ccnc1. The summed E-state index contributed by atoms with van der Waals surface area (Å²) in [6, 6.07) is 9.08. The van der Waals surface area contributed by atoms with Gasteiger partial charge in [0.2, 0.25) is 0 Å². The molecule has 0 radical (unpaired) electrons. The zero-order valence-corrected chi connectivity index (χ0v) is 20.1. The number of carboxylic acid groups (broad SMARTS) is 2. The third kappa shape index (κ3) is 10.0. The first-order chi connectivity index (χ1) is 17.8. The van der Waals surface area contributed by atoms with Crippen LogP contribution < -0.4 is 0 Å². The number of piperidine rings is 1. The maximum atomic E-state index is 10.6. The summed E-state index contributed by atoms with van der Waals surface area (Å²) in [5, 5.41) is 14.2. The topological polar surface area (TPSA) is 113 Å². The van der Waals surface area contributed by atoms with Gasteiger partial charge >= 0.3 is 24.3 Å². The van der Waals surface area contributed by atoms with Gasteiger partial charge in [-0.15, -0.1) is 0 Å². The quantitative estimate of drug-likeness (QED) is 0.436. The number of alkyl halides is 6. The third-order valence-electron chi connectivity index (χ3n) is 5.67. The molecule has 2 N–H and O–H groups in total. The molecule has 38 heavy (non-hydrogen) atoms. The molecule has 1 aliphatic rings. The molecule has 0 amide bonds. The van der Waals surface area contributed by atoms with Gasteiger partial charge < -0.3 is 19.3 Å². The number of aliphatic carboxylic acids is 2. The van der Waals surface area contributed by atoms with Crippen LogP contribution in [0.3, 0.4) is 0 Å². The molecule has 1 atom stereocenters. The van der Waals surface area contributed by atoms with Crippen molar-refractivity contribution in [3.8, 4) is 0 Å². The van der Waals surface area contributed by atoms with Crippen molar-refractivity contribution in [2.24, 2.45) is 0 Å². The molecule has 9 nitrogen and oxygen atoms in total. The summed E-state index contributed by atoms with van der Waals surface area (Å²) < 4.78 is 68.0. The Morgan fingerprint density at radius 3 is 2.13 bits per heavy atom. The molecule has 1 aliphatic heterocycles. The second kappa shape index (κ2) is 13.8. The van der Waals surface area contributed by atoms with Crippen molar-refractivity contribution in [2.75, 3.05) is 13.1 Å². The number of imidazole rings is 2. The molecule has 4 rings (SSSR count). The second-order valence-electron chi connectivity index (χ2n) is 8.31. The minimum absolute atomic E-state index is 0.691. The van der Waals surface area contributed by atoms with E-state index >= 15 is 0 Å². The summed E-state index contributed by atoms with van der Waals surface area (Å²) in [6.45, 7) is 4.41. The Labute approximate surface area is 213 Å². The van der Waals surface area contributed by atoms with E-state index in [9.17, 15) is 26.3 Å². The molecule has 0 aliphatic carbocycles. The Bertz CT molecular complexity index is 1120. The van der Waals surface area contributed by atoms with Gasteiger partial charge in [0.25, 0.3) is 0 Å². The monoisotopic (exact) mass is 551 g/mol. The fourth-order valence-electron chi connectivity index (χ4n) is 3.82. The average Bonchev–Trinajstić information content (AvgIpc) is 3.51. The van der Waals surface area contributed by atoms with Gasteiger partial charge in [0.1, 0.15) is 0 Å². The fraction of sp³-hybridized carbons (Fsp3) is 0.478. The molecule has 3 heterocycles. The number of rotatable bonds is 6. The van der Waals surface area contributed by atoms with E-state index in [-0.39, 0.29) is 0 Å². The van der Waals surface area contributed by atoms with Gasteiger partial charge in [-0.05, 0) is 37.9 Å². The van der Waals surface area contributed by atoms with Crippen molar-refractivity contribution < 1.29 is 46.1 Å². The number of fused-ring (bicyclic) bond motifs is 1. The van der Waals surface area contributed by atoms with E-state index in [4.69, 9.17) is 19.8 Å². The van der Waals surface area contributed by atoms with E-state index in [0.717, 1.165) is 25.2 Å². The summed E-state index contributed by atoms with van der Waals surface area (Å²) in [5.74, 6) is -5.51. The van der Waals surface area contributed by atoms with Crippen molar-refractivity contribution in [1.29, 1.82) is 0 Å². The molecule has 1 fully saturated rings. The molecule has 15 heteroatoms. The molecule has 0 bridgehead atoms.